The lowest BCUT2D eigenvalue weighted by Crippen LogP contribution is -2.29. The highest BCUT2D eigenvalue weighted by molar-refractivity contribution is 7.17. The topological polar surface area (TPSA) is 49.4 Å². The number of amides is 2. The zero-order chi connectivity index (χ0) is 17.1. The number of halogens is 1. The number of rotatable bonds is 3. The molecule has 0 radical (unpaired) electrons. The molecule has 0 unspecified atom stereocenters. The van der Waals surface area contributed by atoms with Crippen LogP contribution >= 0.6 is 11.3 Å². The third kappa shape index (κ3) is 4.22. The molecule has 0 atom stereocenters. The van der Waals surface area contributed by atoms with E-state index in [1.165, 1.54) is 16.9 Å². The van der Waals surface area contributed by atoms with Crippen molar-refractivity contribution in [2.45, 2.75) is 65.2 Å². The van der Waals surface area contributed by atoms with E-state index in [9.17, 15) is 9.59 Å². The Morgan fingerprint density at radius 3 is 2.32 bits per heavy atom. The van der Waals surface area contributed by atoms with Crippen molar-refractivity contribution in [2.24, 2.45) is 5.92 Å². The van der Waals surface area contributed by atoms with Crippen molar-refractivity contribution >= 4 is 28.2 Å². The zero-order valence-corrected chi connectivity index (χ0v) is 16.0. The van der Waals surface area contributed by atoms with Crippen LogP contribution in [-0.4, -0.2) is 29.8 Å². The van der Waals surface area contributed by atoms with Gasteiger partial charge in [0.1, 0.15) is 5.00 Å². The number of fused-ring (bicyclic) bond motifs is 1. The quantitative estimate of drug-likeness (QED) is 0.860. The van der Waals surface area contributed by atoms with Gasteiger partial charge >= 0.3 is 0 Å². The Morgan fingerprint density at radius 2 is 1.68 bits per heavy atom. The summed E-state index contributed by atoms with van der Waals surface area (Å²) in [7, 11) is 0. The van der Waals surface area contributed by atoms with Crippen LogP contribution in [0, 0.1) is 5.92 Å². The molecule has 0 aromatic carbocycles. The summed E-state index contributed by atoms with van der Waals surface area (Å²) in [5.74, 6) is 0.422. The van der Waals surface area contributed by atoms with Crippen molar-refractivity contribution in [3.8, 4) is 0 Å². The Labute approximate surface area is 153 Å². The molecule has 1 aromatic heterocycles. The number of anilines is 1. The first-order valence-corrected chi connectivity index (χ1v) is 10.3. The Balaban J connectivity index is 0.000000726. The highest BCUT2D eigenvalue weighted by Gasteiger charge is 2.34. The average Bonchev–Trinajstić information content (AvgIpc) is 3.20. The van der Waals surface area contributed by atoms with E-state index in [-0.39, 0.29) is 22.4 Å². The van der Waals surface area contributed by atoms with Crippen molar-refractivity contribution in [3.05, 3.63) is 16.0 Å². The van der Waals surface area contributed by atoms with Crippen LogP contribution in [0.15, 0.2) is 0 Å². The first-order chi connectivity index (χ1) is 11.7. The van der Waals surface area contributed by atoms with Gasteiger partial charge in [-0.25, -0.2) is 0 Å². The molecule has 1 saturated heterocycles. The van der Waals surface area contributed by atoms with E-state index in [1.54, 1.807) is 11.3 Å². The van der Waals surface area contributed by atoms with Gasteiger partial charge in [-0.2, -0.15) is 0 Å². The van der Waals surface area contributed by atoms with Crippen LogP contribution in [0.1, 0.15) is 73.2 Å². The second-order valence-corrected chi connectivity index (χ2v) is 7.78. The van der Waals surface area contributed by atoms with E-state index in [0.29, 0.717) is 0 Å². The molecule has 0 bridgehead atoms. The van der Waals surface area contributed by atoms with Crippen LogP contribution in [0.4, 0.5) is 9.71 Å². The molecule has 6 heteroatoms. The molecule has 4 rings (SSSR count). The van der Waals surface area contributed by atoms with Crippen molar-refractivity contribution in [1.29, 1.82) is 0 Å². The minimum atomic E-state index is 0. The van der Waals surface area contributed by atoms with Gasteiger partial charge in [0.05, 0.1) is 5.56 Å². The maximum absolute atomic E-state index is 12.9. The molecule has 2 aliphatic carbocycles. The number of likely N-dealkylation sites (tertiary alicyclic amines) is 1. The standard InChI is InChI=1S/C17H22N2O2S.C2H6.FH/c20-15(11-7-8-11)18-16-14(17(21)19-9-3-4-10-19)12-5-1-2-6-13(12)22-16;1-2;/h11H,1-10H2,(H,18,20);1-2H3;1H. The molecule has 1 aliphatic heterocycles. The van der Waals surface area contributed by atoms with Gasteiger partial charge in [0.15, 0.2) is 0 Å². The van der Waals surface area contributed by atoms with Gasteiger partial charge in [-0.15, -0.1) is 11.3 Å². The summed E-state index contributed by atoms with van der Waals surface area (Å²) in [4.78, 5) is 28.4. The maximum Gasteiger partial charge on any atom is 0.257 e. The first kappa shape index (κ1) is 19.9. The lowest BCUT2D eigenvalue weighted by Gasteiger charge is -2.18. The second kappa shape index (κ2) is 8.79. The van der Waals surface area contributed by atoms with Crippen LogP contribution in [-0.2, 0) is 17.6 Å². The molecule has 0 spiro atoms. The Hall–Kier alpha value is -1.43. The van der Waals surface area contributed by atoms with Gasteiger partial charge in [0.2, 0.25) is 5.91 Å². The van der Waals surface area contributed by atoms with Crippen LogP contribution in [0.5, 0.6) is 0 Å². The summed E-state index contributed by atoms with van der Waals surface area (Å²) >= 11 is 1.64. The molecule has 3 aliphatic rings. The minimum Gasteiger partial charge on any atom is -0.339 e. The second-order valence-electron chi connectivity index (χ2n) is 6.68. The smallest absolute Gasteiger partial charge is 0.257 e. The fourth-order valence-corrected chi connectivity index (χ4v) is 4.80. The Morgan fingerprint density at radius 1 is 1.04 bits per heavy atom. The summed E-state index contributed by atoms with van der Waals surface area (Å²) in [6.45, 7) is 5.72. The van der Waals surface area contributed by atoms with E-state index in [4.69, 9.17) is 0 Å². The van der Waals surface area contributed by atoms with Crippen LogP contribution in [0.2, 0.25) is 0 Å². The molecule has 1 aromatic rings. The molecule has 1 N–H and O–H groups in total. The van der Waals surface area contributed by atoms with E-state index in [0.717, 1.165) is 68.6 Å². The summed E-state index contributed by atoms with van der Waals surface area (Å²) in [6.07, 6.45) is 8.57. The van der Waals surface area contributed by atoms with E-state index < -0.39 is 0 Å². The van der Waals surface area contributed by atoms with Gasteiger partial charge in [0.25, 0.3) is 5.91 Å². The number of nitrogens with one attached hydrogen (secondary N) is 1. The lowest BCUT2D eigenvalue weighted by molar-refractivity contribution is -0.117. The predicted octanol–water partition coefficient (Wildman–Crippen LogP) is 4.39. The largest absolute Gasteiger partial charge is 0.339 e. The van der Waals surface area contributed by atoms with Gasteiger partial charge < -0.3 is 10.2 Å². The number of hydrogen-bond acceptors (Lipinski definition) is 3. The molecule has 2 heterocycles. The minimum absolute atomic E-state index is 0. The molecule has 140 valence electrons. The predicted molar refractivity (Wildman–Crippen MR) is 101 cm³/mol. The number of thiophene rings is 1. The number of carbonyl (C=O) groups is 2. The summed E-state index contributed by atoms with van der Waals surface area (Å²) < 4.78 is 0. The van der Waals surface area contributed by atoms with Crippen LogP contribution in [0.3, 0.4) is 0 Å². The third-order valence-electron chi connectivity index (χ3n) is 4.96. The average molecular weight is 369 g/mol. The molecule has 2 amide bonds. The SMILES string of the molecule is CC.F.O=C(Nc1sc2c(c1C(=O)N1CCCC1)CCCC2)C1CC1. The number of nitrogens with zero attached hydrogens (tertiary/aromatic N) is 1. The van der Waals surface area contributed by atoms with Crippen LogP contribution in [0.25, 0.3) is 0 Å². The van der Waals surface area contributed by atoms with Crippen molar-refractivity contribution in [2.75, 3.05) is 18.4 Å². The summed E-state index contributed by atoms with van der Waals surface area (Å²) in [6, 6.07) is 0. The first-order valence-electron chi connectivity index (χ1n) is 9.48. The van der Waals surface area contributed by atoms with E-state index >= 15 is 0 Å². The molecular formula is C19H29FN2O2S. The molecule has 1 saturated carbocycles. The zero-order valence-electron chi connectivity index (χ0n) is 15.2. The third-order valence-corrected chi connectivity index (χ3v) is 6.17. The van der Waals surface area contributed by atoms with Crippen molar-refractivity contribution in [3.63, 3.8) is 0 Å². The molecule has 2 fully saturated rings. The lowest BCUT2D eigenvalue weighted by atomic mass is 9.95. The maximum atomic E-state index is 12.9. The number of carbonyl (C=O) groups excluding carboxylic acids is 2. The fraction of sp³-hybridized carbons (Fsp3) is 0.684. The molecule has 4 nitrogen and oxygen atoms in total. The monoisotopic (exact) mass is 368 g/mol. The number of hydrogen-bond donors (Lipinski definition) is 1. The Kier molecular flexibility index (Phi) is 6.99. The van der Waals surface area contributed by atoms with Crippen molar-refractivity contribution in [1.82, 2.24) is 4.90 Å². The summed E-state index contributed by atoms with van der Waals surface area (Å²) in [5, 5.41) is 3.89. The van der Waals surface area contributed by atoms with E-state index in [2.05, 4.69) is 5.32 Å². The summed E-state index contributed by atoms with van der Waals surface area (Å²) in [5.41, 5.74) is 2.04. The van der Waals surface area contributed by atoms with Crippen molar-refractivity contribution < 1.29 is 14.3 Å². The van der Waals surface area contributed by atoms with Gasteiger partial charge in [0, 0.05) is 23.9 Å². The van der Waals surface area contributed by atoms with Gasteiger partial charge in [-0.3, -0.25) is 14.3 Å². The molecular weight excluding hydrogens is 339 g/mol. The van der Waals surface area contributed by atoms with Gasteiger partial charge in [-0.1, -0.05) is 13.8 Å². The van der Waals surface area contributed by atoms with E-state index in [1.807, 2.05) is 18.7 Å². The highest BCUT2D eigenvalue weighted by Crippen LogP contribution is 2.40. The normalized spacial score (nSPS) is 18.6. The van der Waals surface area contributed by atoms with Crippen LogP contribution < -0.4 is 5.32 Å². The molecule has 25 heavy (non-hydrogen) atoms. The Bertz CT molecular complexity index is 619. The number of aryl methyl sites for hydroxylation is 1. The van der Waals surface area contributed by atoms with Gasteiger partial charge in [-0.05, 0) is 56.9 Å². The fourth-order valence-electron chi connectivity index (χ4n) is 3.52. The highest BCUT2D eigenvalue weighted by atomic mass is 32.1.